The summed E-state index contributed by atoms with van der Waals surface area (Å²) in [5, 5.41) is 3.14. The first-order chi connectivity index (χ1) is 8.95. The molecule has 0 saturated heterocycles. The summed E-state index contributed by atoms with van der Waals surface area (Å²) in [4.78, 5) is 12.0. The molecule has 3 N–H and O–H groups in total. The summed E-state index contributed by atoms with van der Waals surface area (Å²) < 4.78 is 0. The number of carbonyl (C=O) groups excluding carboxylic acids is 1. The van der Waals surface area contributed by atoms with Crippen molar-refractivity contribution in [1.29, 1.82) is 0 Å². The SMILES string of the molecule is CC(CN)C(=O)NC1CCC(C)(C)c2ccccc21.Cl. The third-order valence-electron chi connectivity index (χ3n) is 4.24. The van der Waals surface area contributed by atoms with Crippen molar-refractivity contribution in [1.82, 2.24) is 5.32 Å². The smallest absolute Gasteiger partial charge is 0.224 e. The average Bonchev–Trinajstić information content (AvgIpc) is 2.41. The molecular formula is C16H25ClN2O. The van der Waals surface area contributed by atoms with Crippen molar-refractivity contribution in [3.05, 3.63) is 35.4 Å². The number of carbonyl (C=O) groups is 1. The molecule has 0 fully saturated rings. The minimum Gasteiger partial charge on any atom is -0.349 e. The maximum absolute atomic E-state index is 12.0. The van der Waals surface area contributed by atoms with Gasteiger partial charge in [-0.15, -0.1) is 12.4 Å². The number of nitrogens with two attached hydrogens (primary N) is 1. The first kappa shape index (κ1) is 17.0. The fourth-order valence-electron chi connectivity index (χ4n) is 2.78. The van der Waals surface area contributed by atoms with Crippen molar-refractivity contribution >= 4 is 18.3 Å². The number of hydrogen-bond donors (Lipinski definition) is 2. The van der Waals surface area contributed by atoms with Crippen LogP contribution in [0.15, 0.2) is 24.3 Å². The summed E-state index contributed by atoms with van der Waals surface area (Å²) in [5.41, 5.74) is 8.36. The van der Waals surface area contributed by atoms with Gasteiger partial charge in [-0.3, -0.25) is 4.79 Å². The fourth-order valence-corrected chi connectivity index (χ4v) is 2.78. The average molecular weight is 297 g/mol. The molecular weight excluding hydrogens is 272 g/mol. The second kappa shape index (κ2) is 6.59. The van der Waals surface area contributed by atoms with Crippen molar-refractivity contribution in [2.45, 2.75) is 45.1 Å². The van der Waals surface area contributed by atoms with E-state index in [0.29, 0.717) is 6.54 Å². The minimum absolute atomic E-state index is 0. The molecule has 0 heterocycles. The fraction of sp³-hybridized carbons (Fsp3) is 0.562. The van der Waals surface area contributed by atoms with Crippen LogP contribution < -0.4 is 11.1 Å². The van der Waals surface area contributed by atoms with Crippen molar-refractivity contribution in [2.24, 2.45) is 11.7 Å². The van der Waals surface area contributed by atoms with Gasteiger partial charge in [-0.2, -0.15) is 0 Å². The Morgan fingerprint density at radius 1 is 1.45 bits per heavy atom. The number of amides is 1. The van der Waals surface area contributed by atoms with Gasteiger partial charge >= 0.3 is 0 Å². The first-order valence-corrected chi connectivity index (χ1v) is 7.05. The molecule has 3 nitrogen and oxygen atoms in total. The number of benzene rings is 1. The van der Waals surface area contributed by atoms with Gasteiger partial charge in [0.1, 0.15) is 0 Å². The summed E-state index contributed by atoms with van der Waals surface area (Å²) in [6.45, 7) is 6.80. The lowest BCUT2D eigenvalue weighted by molar-refractivity contribution is -0.125. The lowest BCUT2D eigenvalue weighted by Crippen LogP contribution is -2.39. The Kier molecular flexibility index (Phi) is 5.60. The van der Waals surface area contributed by atoms with E-state index < -0.39 is 0 Å². The molecule has 20 heavy (non-hydrogen) atoms. The van der Waals surface area contributed by atoms with Gasteiger partial charge in [0.2, 0.25) is 5.91 Å². The molecule has 4 heteroatoms. The van der Waals surface area contributed by atoms with Crippen LogP contribution in [-0.2, 0) is 10.2 Å². The predicted molar refractivity (Wildman–Crippen MR) is 85.1 cm³/mol. The molecule has 112 valence electrons. The van der Waals surface area contributed by atoms with E-state index in [1.807, 2.05) is 13.0 Å². The van der Waals surface area contributed by atoms with E-state index in [9.17, 15) is 4.79 Å². The van der Waals surface area contributed by atoms with E-state index in [-0.39, 0.29) is 35.7 Å². The van der Waals surface area contributed by atoms with Crippen LogP contribution in [0.3, 0.4) is 0 Å². The van der Waals surface area contributed by atoms with Crippen LogP contribution in [-0.4, -0.2) is 12.5 Å². The summed E-state index contributed by atoms with van der Waals surface area (Å²) in [6.07, 6.45) is 2.08. The Morgan fingerprint density at radius 3 is 2.75 bits per heavy atom. The summed E-state index contributed by atoms with van der Waals surface area (Å²) in [7, 11) is 0. The Balaban J connectivity index is 0.00000200. The van der Waals surface area contributed by atoms with Crippen LogP contribution >= 0.6 is 12.4 Å². The molecule has 2 atom stereocenters. The van der Waals surface area contributed by atoms with E-state index >= 15 is 0 Å². The summed E-state index contributed by atoms with van der Waals surface area (Å²) >= 11 is 0. The second-order valence-electron chi connectivity index (χ2n) is 6.21. The highest BCUT2D eigenvalue weighted by Gasteiger charge is 2.33. The lowest BCUT2D eigenvalue weighted by Gasteiger charge is -2.37. The first-order valence-electron chi connectivity index (χ1n) is 7.05. The van der Waals surface area contributed by atoms with Crippen molar-refractivity contribution < 1.29 is 4.79 Å². The van der Waals surface area contributed by atoms with Gasteiger partial charge < -0.3 is 11.1 Å². The Labute approximate surface area is 127 Å². The van der Waals surface area contributed by atoms with Gasteiger partial charge in [0.25, 0.3) is 0 Å². The zero-order valence-electron chi connectivity index (χ0n) is 12.5. The number of fused-ring (bicyclic) bond motifs is 1. The summed E-state index contributed by atoms with van der Waals surface area (Å²) in [6, 6.07) is 8.57. The van der Waals surface area contributed by atoms with Crippen molar-refractivity contribution in [3.8, 4) is 0 Å². The lowest BCUT2D eigenvalue weighted by atomic mass is 9.71. The third-order valence-corrected chi connectivity index (χ3v) is 4.24. The number of rotatable bonds is 3. The van der Waals surface area contributed by atoms with Crippen LogP contribution in [0, 0.1) is 5.92 Å². The van der Waals surface area contributed by atoms with E-state index in [1.165, 1.54) is 11.1 Å². The highest BCUT2D eigenvalue weighted by Crippen LogP contribution is 2.41. The highest BCUT2D eigenvalue weighted by molar-refractivity contribution is 5.85. The zero-order chi connectivity index (χ0) is 14.0. The third kappa shape index (κ3) is 3.33. The van der Waals surface area contributed by atoms with E-state index in [0.717, 1.165) is 12.8 Å². The van der Waals surface area contributed by atoms with Crippen LogP contribution in [0.4, 0.5) is 0 Å². The maximum Gasteiger partial charge on any atom is 0.224 e. The van der Waals surface area contributed by atoms with E-state index in [1.54, 1.807) is 0 Å². The zero-order valence-corrected chi connectivity index (χ0v) is 13.3. The molecule has 1 aliphatic rings. The largest absolute Gasteiger partial charge is 0.349 e. The molecule has 0 aliphatic heterocycles. The van der Waals surface area contributed by atoms with Crippen LogP contribution in [0.25, 0.3) is 0 Å². The van der Waals surface area contributed by atoms with Gasteiger partial charge in [0.15, 0.2) is 0 Å². The van der Waals surface area contributed by atoms with Crippen LogP contribution in [0.1, 0.15) is 50.8 Å². The molecule has 0 aromatic heterocycles. The van der Waals surface area contributed by atoms with Gasteiger partial charge in [0.05, 0.1) is 6.04 Å². The molecule has 1 amide bonds. The minimum atomic E-state index is -0.123. The summed E-state index contributed by atoms with van der Waals surface area (Å²) in [5.74, 6) is -0.0656. The maximum atomic E-state index is 12.0. The highest BCUT2D eigenvalue weighted by atomic mass is 35.5. The second-order valence-corrected chi connectivity index (χ2v) is 6.21. The van der Waals surface area contributed by atoms with Crippen molar-refractivity contribution in [3.63, 3.8) is 0 Å². The molecule has 1 aromatic carbocycles. The number of hydrogen-bond acceptors (Lipinski definition) is 2. The molecule has 1 aromatic rings. The molecule has 2 rings (SSSR count). The Morgan fingerprint density at radius 2 is 2.10 bits per heavy atom. The van der Waals surface area contributed by atoms with Gasteiger partial charge in [-0.1, -0.05) is 45.0 Å². The standard InChI is InChI=1S/C16H24N2O.ClH/c1-11(10-17)15(19)18-14-8-9-16(2,3)13-7-5-4-6-12(13)14;/h4-7,11,14H,8-10,17H2,1-3H3,(H,18,19);1H. The topological polar surface area (TPSA) is 55.1 Å². The van der Waals surface area contributed by atoms with Gasteiger partial charge in [-0.05, 0) is 29.4 Å². The molecule has 1 aliphatic carbocycles. The van der Waals surface area contributed by atoms with Crippen LogP contribution in [0.5, 0.6) is 0 Å². The molecule has 0 saturated carbocycles. The molecule has 0 radical (unpaired) electrons. The monoisotopic (exact) mass is 296 g/mol. The van der Waals surface area contributed by atoms with E-state index in [4.69, 9.17) is 5.73 Å². The van der Waals surface area contributed by atoms with Crippen LogP contribution in [0.2, 0.25) is 0 Å². The normalized spacial score (nSPS) is 21.3. The predicted octanol–water partition coefficient (Wildman–Crippen LogP) is 2.93. The quantitative estimate of drug-likeness (QED) is 0.901. The Bertz CT molecular complexity index is 473. The van der Waals surface area contributed by atoms with Gasteiger partial charge in [-0.25, -0.2) is 0 Å². The molecule has 2 unspecified atom stereocenters. The molecule has 0 spiro atoms. The van der Waals surface area contributed by atoms with E-state index in [2.05, 4.69) is 37.4 Å². The van der Waals surface area contributed by atoms with Crippen molar-refractivity contribution in [2.75, 3.05) is 6.54 Å². The number of halogens is 1. The number of nitrogens with one attached hydrogen (secondary N) is 1. The van der Waals surface area contributed by atoms with Gasteiger partial charge in [0, 0.05) is 12.5 Å². The Hall–Kier alpha value is -1.06. The molecule has 0 bridgehead atoms.